The van der Waals surface area contributed by atoms with Crippen molar-refractivity contribution >= 4 is 44.8 Å². The molecule has 1 N–H and O–H groups in total. The first kappa shape index (κ1) is 15.1. The Hall–Kier alpha value is -0.000000000000000111. The summed E-state index contributed by atoms with van der Waals surface area (Å²) in [7, 11) is -3.67. The van der Waals surface area contributed by atoms with Crippen molar-refractivity contribution in [1.29, 1.82) is 0 Å². The molecule has 1 rings (SSSR count). The Morgan fingerprint density at radius 3 is 2.35 bits per heavy atom. The summed E-state index contributed by atoms with van der Waals surface area (Å²) in [6.45, 7) is 1.63. The maximum Gasteiger partial charge on any atom is 0.241 e. The lowest BCUT2D eigenvalue weighted by atomic mass is 10.1. The molecule has 1 aromatic rings. The zero-order valence-electron chi connectivity index (χ0n) is 9.08. The second-order valence-corrected chi connectivity index (χ2v) is 6.54. The van der Waals surface area contributed by atoms with Crippen molar-refractivity contribution in [3.8, 4) is 0 Å². The lowest BCUT2D eigenvalue weighted by molar-refractivity contribution is 0.500. The highest BCUT2D eigenvalue weighted by Gasteiger charge is 2.29. The third-order valence-electron chi connectivity index (χ3n) is 2.08. The number of halogens is 3. The van der Waals surface area contributed by atoms with Crippen LogP contribution in [0.5, 0.6) is 0 Å². The van der Waals surface area contributed by atoms with Crippen molar-refractivity contribution < 1.29 is 8.42 Å². The minimum Gasteiger partial charge on any atom is -0.207 e. The molecule has 0 aliphatic heterocycles. The Morgan fingerprint density at radius 1 is 1.29 bits per heavy atom. The average Bonchev–Trinajstić information content (AvgIpc) is 2.28. The monoisotopic (exact) mass is 315 g/mol. The topological polar surface area (TPSA) is 46.2 Å². The van der Waals surface area contributed by atoms with Gasteiger partial charge in [0.1, 0.15) is 0 Å². The molecule has 0 heterocycles. The van der Waals surface area contributed by atoms with E-state index in [-0.39, 0.29) is 16.7 Å². The van der Waals surface area contributed by atoms with E-state index in [1.165, 1.54) is 12.1 Å². The van der Waals surface area contributed by atoms with E-state index < -0.39 is 15.6 Å². The van der Waals surface area contributed by atoms with Crippen LogP contribution in [0.15, 0.2) is 29.2 Å². The molecule has 7 heteroatoms. The van der Waals surface area contributed by atoms with Gasteiger partial charge in [0.25, 0.3) is 0 Å². The number of benzene rings is 1. The van der Waals surface area contributed by atoms with E-state index in [9.17, 15) is 8.42 Å². The quantitative estimate of drug-likeness (QED) is 0.849. The third kappa shape index (κ3) is 4.00. The van der Waals surface area contributed by atoms with Gasteiger partial charge in [-0.2, -0.15) is 0 Å². The summed E-state index contributed by atoms with van der Waals surface area (Å²) >= 11 is 17.1. The highest BCUT2D eigenvalue weighted by molar-refractivity contribution is 7.89. The summed E-state index contributed by atoms with van der Waals surface area (Å²) in [4.78, 5) is 0.0893. The smallest absolute Gasteiger partial charge is 0.207 e. The van der Waals surface area contributed by atoms with Gasteiger partial charge in [-0.15, -0.1) is 23.2 Å². The standard InChI is InChI=1S/C10H12Cl3NO2S/c1-10(6-11,7-12)14-17(15,16)9-4-2-3-8(13)5-9/h2-5,14H,6-7H2,1H3. The molecule has 0 amide bonds. The van der Waals surface area contributed by atoms with Crippen LogP contribution in [0.1, 0.15) is 6.92 Å². The van der Waals surface area contributed by atoms with Gasteiger partial charge in [0.05, 0.1) is 10.4 Å². The molecule has 0 atom stereocenters. The molecule has 0 aliphatic rings. The predicted molar refractivity (Wildman–Crippen MR) is 71.6 cm³/mol. The molecule has 0 bridgehead atoms. The van der Waals surface area contributed by atoms with E-state index in [0.717, 1.165) is 0 Å². The minimum absolute atomic E-state index is 0.0797. The fourth-order valence-electron chi connectivity index (χ4n) is 1.11. The molecule has 3 nitrogen and oxygen atoms in total. The van der Waals surface area contributed by atoms with E-state index in [0.29, 0.717) is 5.02 Å². The molecule has 0 unspecified atom stereocenters. The van der Waals surface area contributed by atoms with Crippen LogP contribution in [-0.2, 0) is 10.0 Å². The molecular formula is C10H12Cl3NO2S. The van der Waals surface area contributed by atoms with Crippen molar-refractivity contribution in [2.45, 2.75) is 17.4 Å². The van der Waals surface area contributed by atoms with E-state index in [4.69, 9.17) is 34.8 Å². The number of rotatable bonds is 5. The van der Waals surface area contributed by atoms with Crippen LogP contribution in [0.2, 0.25) is 5.02 Å². The van der Waals surface area contributed by atoms with Gasteiger partial charge in [0.15, 0.2) is 0 Å². The Balaban J connectivity index is 3.05. The van der Waals surface area contributed by atoms with E-state index >= 15 is 0 Å². The Kier molecular flexibility index (Phi) is 5.10. The summed E-state index contributed by atoms with van der Waals surface area (Å²) in [5.41, 5.74) is -0.885. The van der Waals surface area contributed by atoms with Crippen molar-refractivity contribution in [2.24, 2.45) is 0 Å². The number of nitrogens with one attached hydrogen (secondary N) is 1. The van der Waals surface area contributed by atoms with Crippen molar-refractivity contribution in [1.82, 2.24) is 4.72 Å². The van der Waals surface area contributed by atoms with E-state index in [1.807, 2.05) is 0 Å². The molecule has 17 heavy (non-hydrogen) atoms. The lowest BCUT2D eigenvalue weighted by Crippen LogP contribution is -2.49. The SMILES string of the molecule is CC(CCl)(CCl)NS(=O)(=O)c1cccc(Cl)c1. The summed E-state index contributed by atoms with van der Waals surface area (Å²) in [6.07, 6.45) is 0. The highest BCUT2D eigenvalue weighted by Crippen LogP contribution is 2.18. The van der Waals surface area contributed by atoms with Gasteiger partial charge in [-0.3, -0.25) is 0 Å². The van der Waals surface area contributed by atoms with E-state index in [2.05, 4.69) is 4.72 Å². The van der Waals surface area contributed by atoms with Crippen LogP contribution in [0.3, 0.4) is 0 Å². The minimum atomic E-state index is -3.67. The number of sulfonamides is 1. The number of hydrogen-bond acceptors (Lipinski definition) is 2. The van der Waals surface area contributed by atoms with Gasteiger partial charge in [-0.05, 0) is 25.1 Å². The summed E-state index contributed by atoms with van der Waals surface area (Å²) in [5.74, 6) is 0.159. The Labute approximate surface area is 116 Å². The Morgan fingerprint density at radius 2 is 1.88 bits per heavy atom. The number of hydrogen-bond donors (Lipinski definition) is 1. The van der Waals surface area contributed by atoms with Gasteiger partial charge in [0.2, 0.25) is 10.0 Å². The first-order valence-corrected chi connectivity index (χ1v) is 7.67. The zero-order valence-corrected chi connectivity index (χ0v) is 12.2. The van der Waals surface area contributed by atoms with Gasteiger partial charge < -0.3 is 0 Å². The Bertz CT molecular complexity index is 486. The van der Waals surface area contributed by atoms with Crippen LogP contribution < -0.4 is 4.72 Å². The van der Waals surface area contributed by atoms with Crippen LogP contribution >= 0.6 is 34.8 Å². The highest BCUT2D eigenvalue weighted by atomic mass is 35.5. The maximum atomic E-state index is 12.0. The molecule has 0 spiro atoms. The summed E-state index contributed by atoms with van der Waals surface area (Å²) < 4.78 is 26.5. The fraction of sp³-hybridized carbons (Fsp3) is 0.400. The van der Waals surface area contributed by atoms with Crippen LogP contribution in [0.25, 0.3) is 0 Å². The molecule has 0 aliphatic carbocycles. The molecule has 1 aromatic carbocycles. The predicted octanol–water partition coefficient (Wildman–Crippen LogP) is 2.85. The maximum absolute atomic E-state index is 12.0. The molecule has 0 saturated carbocycles. The molecule has 0 aromatic heterocycles. The van der Waals surface area contributed by atoms with Gasteiger partial charge in [-0.25, -0.2) is 13.1 Å². The van der Waals surface area contributed by atoms with Crippen LogP contribution in [0.4, 0.5) is 0 Å². The molecule has 0 radical (unpaired) electrons. The van der Waals surface area contributed by atoms with E-state index in [1.54, 1.807) is 19.1 Å². The first-order valence-electron chi connectivity index (χ1n) is 4.74. The van der Waals surface area contributed by atoms with Gasteiger partial charge in [0, 0.05) is 16.8 Å². The van der Waals surface area contributed by atoms with Crippen molar-refractivity contribution in [3.05, 3.63) is 29.3 Å². The first-order chi connectivity index (χ1) is 7.83. The van der Waals surface area contributed by atoms with Crippen molar-refractivity contribution in [3.63, 3.8) is 0 Å². The zero-order chi connectivity index (χ0) is 13.1. The largest absolute Gasteiger partial charge is 0.241 e. The second-order valence-electron chi connectivity index (χ2n) is 3.89. The average molecular weight is 317 g/mol. The van der Waals surface area contributed by atoms with Crippen molar-refractivity contribution in [2.75, 3.05) is 11.8 Å². The molecular weight excluding hydrogens is 305 g/mol. The second kappa shape index (κ2) is 5.76. The molecule has 0 fully saturated rings. The van der Waals surface area contributed by atoms with Gasteiger partial charge in [-0.1, -0.05) is 17.7 Å². The number of alkyl halides is 2. The summed E-state index contributed by atoms with van der Waals surface area (Å²) in [6, 6.07) is 5.99. The summed E-state index contributed by atoms with van der Waals surface area (Å²) in [5, 5.41) is 0.353. The third-order valence-corrected chi connectivity index (χ3v) is 5.13. The molecule has 0 saturated heterocycles. The normalized spacial score (nSPS) is 12.7. The fourth-order valence-corrected chi connectivity index (χ4v) is 3.39. The van der Waals surface area contributed by atoms with Crippen LogP contribution in [0, 0.1) is 0 Å². The van der Waals surface area contributed by atoms with Crippen LogP contribution in [-0.4, -0.2) is 25.7 Å². The van der Waals surface area contributed by atoms with Gasteiger partial charge >= 0.3 is 0 Å². The lowest BCUT2D eigenvalue weighted by Gasteiger charge is -2.25. The molecule has 96 valence electrons.